The van der Waals surface area contributed by atoms with Gasteiger partial charge in [0.25, 0.3) is 0 Å². The minimum Gasteiger partial charge on any atom is -0.497 e. The monoisotopic (exact) mass is 395 g/mol. The van der Waals surface area contributed by atoms with Gasteiger partial charge in [-0.05, 0) is 43.2 Å². The third-order valence-corrected chi connectivity index (χ3v) is 5.41. The van der Waals surface area contributed by atoms with Gasteiger partial charge in [0.15, 0.2) is 5.78 Å². The quantitative estimate of drug-likeness (QED) is 0.611. The highest BCUT2D eigenvalue weighted by Crippen LogP contribution is 2.35. The van der Waals surface area contributed by atoms with E-state index in [1.807, 2.05) is 6.07 Å². The maximum absolute atomic E-state index is 13.1. The molecule has 0 spiro atoms. The predicted octanol–water partition coefficient (Wildman–Crippen LogP) is 3.89. The van der Waals surface area contributed by atoms with Gasteiger partial charge in [0, 0.05) is 30.6 Å². The summed E-state index contributed by atoms with van der Waals surface area (Å²) in [5.41, 5.74) is 1.29. The van der Waals surface area contributed by atoms with E-state index in [1.165, 1.54) is 18.5 Å². The Kier molecular flexibility index (Phi) is 5.29. The molecule has 0 bridgehead atoms. The summed E-state index contributed by atoms with van der Waals surface area (Å²) >= 11 is 0. The summed E-state index contributed by atoms with van der Waals surface area (Å²) in [6, 6.07) is 9.48. The molecule has 1 fully saturated rings. The molecule has 0 amide bonds. The van der Waals surface area contributed by atoms with E-state index < -0.39 is 0 Å². The normalized spacial score (nSPS) is 14.8. The molecule has 6 nitrogen and oxygen atoms in total. The minimum absolute atomic E-state index is 0.0699. The standard InChI is InChI=1S/C22H22FN3O3/c1-28-17-11-18-20(19(12-17)29-2)24-13-25-22(18)26-9-7-15(8-10-26)21(27)14-3-5-16(23)6-4-14/h3-6,11-13,15H,7-10H2,1-2H3. The third-order valence-electron chi connectivity index (χ3n) is 5.41. The van der Waals surface area contributed by atoms with Crippen LogP contribution >= 0.6 is 0 Å². The summed E-state index contributed by atoms with van der Waals surface area (Å²) in [6.45, 7) is 1.40. The highest BCUT2D eigenvalue weighted by atomic mass is 19.1. The summed E-state index contributed by atoms with van der Waals surface area (Å²) in [5.74, 6) is 1.77. The van der Waals surface area contributed by atoms with Crippen LogP contribution in [0.5, 0.6) is 11.5 Å². The van der Waals surface area contributed by atoms with E-state index in [1.54, 1.807) is 32.4 Å². The Hall–Kier alpha value is -3.22. The van der Waals surface area contributed by atoms with Gasteiger partial charge >= 0.3 is 0 Å². The lowest BCUT2D eigenvalue weighted by Gasteiger charge is -2.32. The zero-order valence-electron chi connectivity index (χ0n) is 16.4. The maximum Gasteiger partial charge on any atom is 0.166 e. The van der Waals surface area contributed by atoms with Crippen LogP contribution in [0.1, 0.15) is 23.2 Å². The number of carbonyl (C=O) groups excluding carboxylic acids is 1. The summed E-state index contributed by atoms with van der Waals surface area (Å²) < 4.78 is 24.0. The van der Waals surface area contributed by atoms with Crippen LogP contribution in [0, 0.1) is 11.7 Å². The molecule has 150 valence electrons. The maximum atomic E-state index is 13.1. The molecule has 0 unspecified atom stereocenters. The van der Waals surface area contributed by atoms with Crippen LogP contribution in [0.2, 0.25) is 0 Å². The highest BCUT2D eigenvalue weighted by molar-refractivity contribution is 5.98. The average Bonchev–Trinajstić information content (AvgIpc) is 2.78. The van der Waals surface area contributed by atoms with Crippen molar-refractivity contribution in [3.8, 4) is 11.5 Å². The number of rotatable bonds is 5. The van der Waals surface area contributed by atoms with Gasteiger partial charge in [-0.1, -0.05) is 0 Å². The number of fused-ring (bicyclic) bond motifs is 1. The number of halogens is 1. The number of methoxy groups -OCH3 is 2. The molecule has 1 aromatic heterocycles. The van der Waals surface area contributed by atoms with Gasteiger partial charge in [0.05, 0.1) is 19.6 Å². The minimum atomic E-state index is -0.335. The van der Waals surface area contributed by atoms with E-state index in [4.69, 9.17) is 9.47 Å². The first kappa shape index (κ1) is 19.1. The first-order chi connectivity index (χ1) is 14.1. The molecular weight excluding hydrogens is 373 g/mol. The number of benzene rings is 2. The van der Waals surface area contributed by atoms with Crippen LogP contribution in [0.25, 0.3) is 10.9 Å². The van der Waals surface area contributed by atoms with Crippen molar-refractivity contribution in [3.05, 3.63) is 54.1 Å². The Labute approximate surface area is 168 Å². The molecule has 1 aliphatic heterocycles. The Bertz CT molecular complexity index is 1030. The summed E-state index contributed by atoms with van der Waals surface area (Å²) in [5, 5.41) is 0.854. The lowest BCUT2D eigenvalue weighted by atomic mass is 9.89. The van der Waals surface area contributed by atoms with Crippen molar-refractivity contribution in [1.82, 2.24) is 9.97 Å². The van der Waals surface area contributed by atoms with Crippen LogP contribution < -0.4 is 14.4 Å². The molecule has 29 heavy (non-hydrogen) atoms. The number of hydrogen-bond acceptors (Lipinski definition) is 6. The molecule has 1 saturated heterocycles. The topological polar surface area (TPSA) is 64.6 Å². The van der Waals surface area contributed by atoms with E-state index >= 15 is 0 Å². The van der Waals surface area contributed by atoms with Crippen molar-refractivity contribution >= 4 is 22.5 Å². The number of carbonyl (C=O) groups is 1. The number of Topliss-reactive ketones (excluding diaryl/α,β-unsaturated/α-hetero) is 1. The molecule has 0 N–H and O–H groups in total. The number of anilines is 1. The summed E-state index contributed by atoms with van der Waals surface area (Å²) in [7, 11) is 3.21. The second-order valence-electron chi connectivity index (χ2n) is 7.06. The third kappa shape index (κ3) is 3.72. The van der Waals surface area contributed by atoms with E-state index in [0.29, 0.717) is 43.0 Å². The van der Waals surface area contributed by atoms with Crippen molar-refractivity contribution in [2.75, 3.05) is 32.2 Å². The second kappa shape index (κ2) is 8.03. The smallest absolute Gasteiger partial charge is 0.166 e. The van der Waals surface area contributed by atoms with Crippen LogP contribution in [-0.2, 0) is 0 Å². The van der Waals surface area contributed by atoms with Gasteiger partial charge in [-0.15, -0.1) is 0 Å². The number of hydrogen-bond donors (Lipinski definition) is 0. The molecule has 7 heteroatoms. The fourth-order valence-electron chi connectivity index (χ4n) is 3.83. The van der Waals surface area contributed by atoms with Gasteiger partial charge in [-0.25, -0.2) is 14.4 Å². The zero-order valence-corrected chi connectivity index (χ0v) is 16.4. The molecule has 2 aromatic carbocycles. The van der Waals surface area contributed by atoms with Crippen molar-refractivity contribution in [2.24, 2.45) is 5.92 Å². The Morgan fingerprint density at radius 3 is 2.45 bits per heavy atom. The average molecular weight is 395 g/mol. The highest BCUT2D eigenvalue weighted by Gasteiger charge is 2.27. The Morgan fingerprint density at radius 2 is 1.79 bits per heavy atom. The van der Waals surface area contributed by atoms with Crippen LogP contribution in [0.3, 0.4) is 0 Å². The van der Waals surface area contributed by atoms with Gasteiger partial charge in [0.1, 0.15) is 35.0 Å². The van der Waals surface area contributed by atoms with Crippen molar-refractivity contribution in [3.63, 3.8) is 0 Å². The van der Waals surface area contributed by atoms with Crippen molar-refractivity contribution < 1.29 is 18.7 Å². The van der Waals surface area contributed by atoms with Crippen LogP contribution in [0.4, 0.5) is 10.2 Å². The van der Waals surface area contributed by atoms with Crippen LogP contribution in [-0.4, -0.2) is 43.1 Å². The Balaban J connectivity index is 1.56. The SMILES string of the molecule is COc1cc(OC)c2ncnc(N3CCC(C(=O)c4ccc(F)cc4)CC3)c2c1. The largest absolute Gasteiger partial charge is 0.497 e. The van der Waals surface area contributed by atoms with Crippen molar-refractivity contribution in [1.29, 1.82) is 0 Å². The molecule has 2 heterocycles. The van der Waals surface area contributed by atoms with Gasteiger partial charge in [-0.2, -0.15) is 0 Å². The molecular formula is C22H22FN3O3. The first-order valence-corrected chi connectivity index (χ1v) is 9.52. The predicted molar refractivity (Wildman–Crippen MR) is 108 cm³/mol. The van der Waals surface area contributed by atoms with Gasteiger partial charge < -0.3 is 14.4 Å². The Morgan fingerprint density at radius 1 is 1.07 bits per heavy atom. The van der Waals surface area contributed by atoms with Crippen LogP contribution in [0.15, 0.2) is 42.7 Å². The molecule has 0 atom stereocenters. The summed E-state index contributed by atoms with van der Waals surface area (Å²) in [4.78, 5) is 23.8. The lowest BCUT2D eigenvalue weighted by Crippen LogP contribution is -2.37. The zero-order chi connectivity index (χ0) is 20.4. The molecule has 4 rings (SSSR count). The number of piperidine rings is 1. The number of nitrogens with zero attached hydrogens (tertiary/aromatic N) is 3. The molecule has 1 aliphatic rings. The number of ether oxygens (including phenoxy) is 2. The molecule has 0 radical (unpaired) electrons. The number of aromatic nitrogens is 2. The van der Waals surface area contributed by atoms with E-state index in [0.717, 1.165) is 16.7 Å². The molecule has 3 aromatic rings. The lowest BCUT2D eigenvalue weighted by molar-refractivity contribution is 0.0900. The first-order valence-electron chi connectivity index (χ1n) is 9.52. The number of ketones is 1. The fraction of sp³-hybridized carbons (Fsp3) is 0.318. The molecule has 0 saturated carbocycles. The van der Waals surface area contributed by atoms with Gasteiger partial charge in [-0.3, -0.25) is 4.79 Å². The van der Waals surface area contributed by atoms with Crippen molar-refractivity contribution in [2.45, 2.75) is 12.8 Å². The second-order valence-corrected chi connectivity index (χ2v) is 7.06. The van der Waals surface area contributed by atoms with Gasteiger partial charge in [0.2, 0.25) is 0 Å². The summed E-state index contributed by atoms with van der Waals surface area (Å²) in [6.07, 6.45) is 2.95. The van der Waals surface area contributed by atoms with E-state index in [9.17, 15) is 9.18 Å². The molecule has 0 aliphatic carbocycles. The van der Waals surface area contributed by atoms with E-state index in [-0.39, 0.29) is 17.5 Å². The fourth-order valence-corrected chi connectivity index (χ4v) is 3.83. The van der Waals surface area contributed by atoms with E-state index in [2.05, 4.69) is 14.9 Å².